The third-order valence-corrected chi connectivity index (χ3v) is 1.69. The minimum atomic E-state index is -0.0623. The van der Waals surface area contributed by atoms with E-state index in [1.54, 1.807) is 6.07 Å². The molecule has 0 bridgehead atoms. The summed E-state index contributed by atoms with van der Waals surface area (Å²) >= 11 is 0. The highest BCUT2D eigenvalue weighted by atomic mass is 16.5. The van der Waals surface area contributed by atoms with Crippen LogP contribution in [0.2, 0.25) is 0 Å². The fourth-order valence-corrected chi connectivity index (χ4v) is 0.976. The van der Waals surface area contributed by atoms with Gasteiger partial charge >= 0.3 is 0 Å². The minimum absolute atomic E-state index is 0.0623. The van der Waals surface area contributed by atoms with Crippen LogP contribution in [0.15, 0.2) is 16.9 Å². The molecule has 0 spiro atoms. The lowest BCUT2D eigenvalue weighted by Crippen LogP contribution is -2.08. The van der Waals surface area contributed by atoms with Gasteiger partial charge in [0.05, 0.1) is 6.61 Å². The molecule has 0 amide bonds. The van der Waals surface area contributed by atoms with Crippen molar-refractivity contribution in [2.45, 2.75) is 20.5 Å². The Hall–Kier alpha value is -1.09. The van der Waals surface area contributed by atoms with Crippen LogP contribution >= 0.6 is 0 Å². The third-order valence-electron chi connectivity index (χ3n) is 1.69. The molecule has 0 fully saturated rings. The molecule has 0 aromatic carbocycles. The van der Waals surface area contributed by atoms with Gasteiger partial charge in [0, 0.05) is 18.4 Å². The normalized spacial score (nSPS) is 10.2. The van der Waals surface area contributed by atoms with E-state index in [1.165, 1.54) is 6.07 Å². The Morgan fingerprint density at radius 1 is 1.50 bits per heavy atom. The van der Waals surface area contributed by atoms with Gasteiger partial charge in [0.1, 0.15) is 0 Å². The van der Waals surface area contributed by atoms with Crippen LogP contribution in [-0.4, -0.2) is 11.6 Å². The van der Waals surface area contributed by atoms with E-state index < -0.39 is 0 Å². The number of hydrogen-bond acceptors (Lipinski definition) is 2. The van der Waals surface area contributed by atoms with Gasteiger partial charge in [-0.25, -0.2) is 0 Å². The van der Waals surface area contributed by atoms with Crippen LogP contribution in [-0.2, 0) is 11.3 Å². The smallest absolute Gasteiger partial charge is 0.248 e. The first-order valence-corrected chi connectivity index (χ1v) is 4.00. The average Bonchev–Trinajstić information content (AvgIpc) is 2.03. The zero-order chi connectivity index (χ0) is 8.97. The molecule has 0 aliphatic heterocycles. The number of aromatic amines is 1. The molecule has 3 heteroatoms. The number of pyridine rings is 1. The van der Waals surface area contributed by atoms with Crippen molar-refractivity contribution < 1.29 is 4.74 Å². The second-order valence-corrected chi connectivity index (χ2v) is 2.61. The van der Waals surface area contributed by atoms with E-state index in [-0.39, 0.29) is 5.56 Å². The van der Waals surface area contributed by atoms with E-state index in [2.05, 4.69) is 4.98 Å². The van der Waals surface area contributed by atoms with E-state index in [0.29, 0.717) is 13.2 Å². The molecule has 3 nitrogen and oxygen atoms in total. The van der Waals surface area contributed by atoms with E-state index in [1.807, 2.05) is 13.8 Å². The molecule has 66 valence electrons. The standard InChI is InChI=1S/C9H13NO2/c1-3-12-6-8-4-5-9(11)10-7(8)2/h4-5H,3,6H2,1-2H3,(H,10,11). The number of aryl methyl sites for hydroxylation is 1. The summed E-state index contributed by atoms with van der Waals surface area (Å²) in [5.41, 5.74) is 1.86. The van der Waals surface area contributed by atoms with Crippen LogP contribution in [0.1, 0.15) is 18.2 Å². The predicted octanol–water partition coefficient (Wildman–Crippen LogP) is 1.22. The Balaban J connectivity index is 2.79. The molecule has 1 aromatic heterocycles. The molecular weight excluding hydrogens is 154 g/mol. The number of rotatable bonds is 3. The van der Waals surface area contributed by atoms with Crippen LogP contribution < -0.4 is 5.56 Å². The molecule has 0 atom stereocenters. The van der Waals surface area contributed by atoms with Gasteiger partial charge < -0.3 is 9.72 Å². The molecule has 0 radical (unpaired) electrons. The lowest BCUT2D eigenvalue weighted by atomic mass is 10.2. The van der Waals surface area contributed by atoms with E-state index in [4.69, 9.17) is 4.74 Å². The zero-order valence-electron chi connectivity index (χ0n) is 7.39. The molecule has 0 aliphatic carbocycles. The summed E-state index contributed by atoms with van der Waals surface area (Å²) in [5, 5.41) is 0. The van der Waals surface area contributed by atoms with Crippen LogP contribution in [0.5, 0.6) is 0 Å². The lowest BCUT2D eigenvalue weighted by molar-refractivity contribution is 0.133. The second kappa shape index (κ2) is 4.07. The predicted molar refractivity (Wildman–Crippen MR) is 47.1 cm³/mol. The monoisotopic (exact) mass is 167 g/mol. The Labute approximate surface area is 71.4 Å². The number of H-pyrrole nitrogens is 1. The molecule has 1 heterocycles. The van der Waals surface area contributed by atoms with Crippen molar-refractivity contribution in [3.8, 4) is 0 Å². The lowest BCUT2D eigenvalue weighted by Gasteiger charge is -2.03. The Kier molecular flexibility index (Phi) is 3.05. The number of aromatic nitrogens is 1. The maximum absolute atomic E-state index is 10.8. The zero-order valence-corrected chi connectivity index (χ0v) is 7.39. The SMILES string of the molecule is CCOCc1ccc(=O)[nH]c1C. The van der Waals surface area contributed by atoms with Gasteiger partial charge in [0.25, 0.3) is 0 Å². The van der Waals surface area contributed by atoms with Gasteiger partial charge in [-0.3, -0.25) is 4.79 Å². The van der Waals surface area contributed by atoms with Crippen LogP contribution in [0, 0.1) is 6.92 Å². The summed E-state index contributed by atoms with van der Waals surface area (Å²) < 4.78 is 5.22. The molecule has 0 saturated carbocycles. The van der Waals surface area contributed by atoms with Crippen molar-refractivity contribution in [3.05, 3.63) is 33.7 Å². The van der Waals surface area contributed by atoms with Gasteiger partial charge in [-0.2, -0.15) is 0 Å². The van der Waals surface area contributed by atoms with Crippen molar-refractivity contribution >= 4 is 0 Å². The highest BCUT2D eigenvalue weighted by Crippen LogP contribution is 2.02. The Bertz CT molecular complexity index is 304. The summed E-state index contributed by atoms with van der Waals surface area (Å²) in [4.78, 5) is 13.5. The van der Waals surface area contributed by atoms with Gasteiger partial charge in [-0.1, -0.05) is 0 Å². The molecule has 1 aromatic rings. The molecule has 0 unspecified atom stereocenters. The maximum atomic E-state index is 10.8. The molecule has 1 rings (SSSR count). The summed E-state index contributed by atoms with van der Waals surface area (Å²) in [7, 11) is 0. The first kappa shape index (κ1) is 9.00. The number of ether oxygens (including phenoxy) is 1. The highest BCUT2D eigenvalue weighted by Gasteiger charge is 1.97. The van der Waals surface area contributed by atoms with E-state index in [0.717, 1.165) is 11.3 Å². The highest BCUT2D eigenvalue weighted by molar-refractivity contribution is 5.17. The summed E-state index contributed by atoms with van der Waals surface area (Å²) in [5.74, 6) is 0. The molecule has 0 saturated heterocycles. The van der Waals surface area contributed by atoms with Crippen molar-refractivity contribution in [3.63, 3.8) is 0 Å². The molecule has 12 heavy (non-hydrogen) atoms. The van der Waals surface area contributed by atoms with Crippen molar-refractivity contribution in [2.75, 3.05) is 6.61 Å². The summed E-state index contributed by atoms with van der Waals surface area (Å²) in [6.45, 7) is 5.08. The van der Waals surface area contributed by atoms with E-state index >= 15 is 0 Å². The largest absolute Gasteiger partial charge is 0.377 e. The summed E-state index contributed by atoms with van der Waals surface area (Å²) in [6.07, 6.45) is 0. The van der Waals surface area contributed by atoms with Gasteiger partial charge in [-0.05, 0) is 25.5 Å². The number of hydrogen-bond donors (Lipinski definition) is 1. The van der Waals surface area contributed by atoms with Gasteiger partial charge in [-0.15, -0.1) is 0 Å². The average molecular weight is 167 g/mol. The second-order valence-electron chi connectivity index (χ2n) is 2.61. The summed E-state index contributed by atoms with van der Waals surface area (Å²) in [6, 6.07) is 3.31. The van der Waals surface area contributed by atoms with E-state index in [9.17, 15) is 4.79 Å². The first-order chi connectivity index (χ1) is 5.74. The van der Waals surface area contributed by atoms with Crippen LogP contribution in [0.4, 0.5) is 0 Å². The van der Waals surface area contributed by atoms with Crippen molar-refractivity contribution in [1.29, 1.82) is 0 Å². The third kappa shape index (κ3) is 2.20. The topological polar surface area (TPSA) is 42.1 Å². The first-order valence-electron chi connectivity index (χ1n) is 4.00. The minimum Gasteiger partial charge on any atom is -0.377 e. The van der Waals surface area contributed by atoms with Crippen molar-refractivity contribution in [2.24, 2.45) is 0 Å². The Morgan fingerprint density at radius 2 is 2.25 bits per heavy atom. The fraction of sp³-hybridized carbons (Fsp3) is 0.444. The van der Waals surface area contributed by atoms with Crippen LogP contribution in [0.25, 0.3) is 0 Å². The molecule has 1 N–H and O–H groups in total. The van der Waals surface area contributed by atoms with Gasteiger partial charge in [0.2, 0.25) is 5.56 Å². The Morgan fingerprint density at radius 3 is 2.83 bits per heavy atom. The van der Waals surface area contributed by atoms with Crippen LogP contribution in [0.3, 0.4) is 0 Å². The number of nitrogens with one attached hydrogen (secondary N) is 1. The fourth-order valence-electron chi connectivity index (χ4n) is 0.976. The quantitative estimate of drug-likeness (QED) is 0.735. The molecule has 0 aliphatic rings. The maximum Gasteiger partial charge on any atom is 0.248 e. The van der Waals surface area contributed by atoms with Gasteiger partial charge in [0.15, 0.2) is 0 Å². The van der Waals surface area contributed by atoms with Crippen molar-refractivity contribution in [1.82, 2.24) is 4.98 Å². The molecular formula is C9H13NO2.